The van der Waals surface area contributed by atoms with Gasteiger partial charge in [0.05, 0.1) is 41.1 Å². The van der Waals surface area contributed by atoms with Crippen LogP contribution in [0.5, 0.6) is 0 Å². The van der Waals surface area contributed by atoms with E-state index in [1.54, 1.807) is 13.0 Å². The third kappa shape index (κ3) is 4.10. The Morgan fingerprint density at radius 3 is 2.42 bits per heavy atom. The van der Waals surface area contributed by atoms with Crippen LogP contribution in [0.15, 0.2) is 49.2 Å². The molecule has 4 aromatic rings. The number of alkyl halides is 3. The number of hydrogen-bond acceptors (Lipinski definition) is 6. The molecule has 0 atom stereocenters. The first-order valence-corrected chi connectivity index (χ1v) is 9.03. The number of anilines is 1. The number of hydrogen-bond donors (Lipinski definition) is 1. The van der Waals surface area contributed by atoms with Crippen LogP contribution in [0.25, 0.3) is 11.6 Å². The number of rotatable bonds is 4. The van der Waals surface area contributed by atoms with Crippen molar-refractivity contribution in [3.05, 3.63) is 71.0 Å². The molecule has 4 aromatic heterocycles. The van der Waals surface area contributed by atoms with Gasteiger partial charge in [-0.1, -0.05) is 17.7 Å². The fourth-order valence-electron chi connectivity index (χ4n) is 2.72. The largest absolute Gasteiger partial charge is 0.434 e. The van der Waals surface area contributed by atoms with Crippen LogP contribution in [0, 0.1) is 6.92 Å². The van der Waals surface area contributed by atoms with Gasteiger partial charge in [0.1, 0.15) is 0 Å². The minimum absolute atomic E-state index is 0.0715. The number of nitrogens with zero attached hydrogens (tertiary/aromatic N) is 7. The number of amides is 1. The molecule has 4 heterocycles. The minimum Gasteiger partial charge on any atom is -0.320 e. The third-order valence-corrected chi connectivity index (χ3v) is 4.36. The monoisotopic (exact) mass is 448 g/mol. The normalized spacial score (nSPS) is 11.5. The number of pyridine rings is 2. The van der Waals surface area contributed by atoms with E-state index in [1.807, 2.05) is 0 Å². The molecule has 0 unspecified atom stereocenters. The Morgan fingerprint density at radius 1 is 1.06 bits per heavy atom. The first-order chi connectivity index (χ1) is 14.7. The maximum absolute atomic E-state index is 13.8. The predicted molar refractivity (Wildman–Crippen MR) is 103 cm³/mol. The molecule has 31 heavy (non-hydrogen) atoms. The molecule has 0 aliphatic carbocycles. The molecule has 0 saturated carbocycles. The fraction of sp³-hybridized carbons (Fsp3) is 0.111. The predicted octanol–water partition coefficient (Wildman–Crippen LogP) is 3.48. The Bertz CT molecular complexity index is 1240. The van der Waals surface area contributed by atoms with Crippen LogP contribution in [0.1, 0.15) is 21.6 Å². The summed E-state index contributed by atoms with van der Waals surface area (Å²) in [6, 6.07) is 4.29. The molecule has 4 rings (SSSR count). The van der Waals surface area contributed by atoms with Gasteiger partial charge in [0.15, 0.2) is 17.3 Å². The van der Waals surface area contributed by atoms with Gasteiger partial charge < -0.3 is 5.32 Å². The van der Waals surface area contributed by atoms with E-state index in [0.717, 1.165) is 16.6 Å². The second-order valence-electron chi connectivity index (χ2n) is 6.31. The Kier molecular flexibility index (Phi) is 5.15. The molecule has 0 aromatic carbocycles. The average molecular weight is 449 g/mol. The highest BCUT2D eigenvalue weighted by molar-refractivity contribution is 6.32. The lowest BCUT2D eigenvalue weighted by Gasteiger charge is -2.12. The highest BCUT2D eigenvalue weighted by atomic mass is 35.5. The van der Waals surface area contributed by atoms with Gasteiger partial charge in [-0.05, 0) is 24.6 Å². The van der Waals surface area contributed by atoms with Crippen molar-refractivity contribution in [2.45, 2.75) is 13.1 Å². The second-order valence-corrected chi connectivity index (χ2v) is 6.72. The maximum Gasteiger partial charge on any atom is 0.434 e. The zero-order valence-corrected chi connectivity index (χ0v) is 16.4. The van der Waals surface area contributed by atoms with E-state index in [1.165, 1.54) is 36.9 Å². The number of carbonyl (C=O) groups excluding carboxylic acids is 1. The van der Waals surface area contributed by atoms with Gasteiger partial charge in [-0.2, -0.15) is 28.5 Å². The Labute approximate surface area is 177 Å². The number of nitrogens with one attached hydrogen (secondary N) is 1. The van der Waals surface area contributed by atoms with E-state index >= 15 is 0 Å². The molecule has 9 nitrogen and oxygen atoms in total. The van der Waals surface area contributed by atoms with Crippen LogP contribution in [0.2, 0.25) is 5.02 Å². The van der Waals surface area contributed by atoms with E-state index in [9.17, 15) is 18.0 Å². The second kappa shape index (κ2) is 7.80. The number of aryl methyl sites for hydroxylation is 1. The Balaban J connectivity index is 1.66. The van der Waals surface area contributed by atoms with Crippen molar-refractivity contribution < 1.29 is 18.0 Å². The summed E-state index contributed by atoms with van der Waals surface area (Å²) in [5, 5.41) is 13.9. The molecule has 13 heteroatoms. The lowest BCUT2D eigenvalue weighted by atomic mass is 10.2. The fourth-order valence-corrected chi connectivity index (χ4v) is 2.96. The molecule has 0 radical (unpaired) electrons. The molecule has 0 saturated heterocycles. The van der Waals surface area contributed by atoms with Crippen molar-refractivity contribution in [1.29, 1.82) is 0 Å². The van der Waals surface area contributed by atoms with Crippen molar-refractivity contribution in [1.82, 2.24) is 34.7 Å². The first kappa shape index (κ1) is 20.5. The minimum atomic E-state index is -4.86. The van der Waals surface area contributed by atoms with Crippen molar-refractivity contribution in [3.8, 4) is 11.6 Å². The summed E-state index contributed by atoms with van der Waals surface area (Å²) in [4.78, 5) is 21.8. The molecule has 1 amide bonds. The highest BCUT2D eigenvalue weighted by Crippen LogP contribution is 2.34. The molecule has 0 spiro atoms. The molecular weight excluding hydrogens is 437 g/mol. The van der Waals surface area contributed by atoms with Crippen LogP contribution in [-0.2, 0) is 6.18 Å². The van der Waals surface area contributed by atoms with Gasteiger partial charge in [-0.25, -0.2) is 14.6 Å². The molecule has 0 bridgehead atoms. The van der Waals surface area contributed by atoms with E-state index in [4.69, 9.17) is 11.6 Å². The van der Waals surface area contributed by atoms with Gasteiger partial charge >= 0.3 is 6.18 Å². The van der Waals surface area contributed by atoms with Crippen molar-refractivity contribution >= 4 is 23.2 Å². The van der Waals surface area contributed by atoms with Crippen LogP contribution < -0.4 is 5.32 Å². The summed E-state index contributed by atoms with van der Waals surface area (Å²) in [6.45, 7) is 1.75. The van der Waals surface area contributed by atoms with Gasteiger partial charge in [-0.15, -0.1) is 4.80 Å². The summed E-state index contributed by atoms with van der Waals surface area (Å²) in [7, 11) is 0. The standard InChI is InChI=1S/C18H12ClF3N8O/c1-10-2-3-14(23-7-10)29-15(18(20,21)22)12(9-27-29)17(31)28-11-6-13(19)16(24-8-11)30-25-4-5-26-30/h2-9H,1H3,(H,28,31). The summed E-state index contributed by atoms with van der Waals surface area (Å²) in [5.74, 6) is -0.912. The molecule has 0 fully saturated rings. The summed E-state index contributed by atoms with van der Waals surface area (Å²) >= 11 is 6.13. The zero-order chi connectivity index (χ0) is 22.2. The van der Waals surface area contributed by atoms with Crippen molar-refractivity contribution in [2.24, 2.45) is 0 Å². The summed E-state index contributed by atoms with van der Waals surface area (Å²) in [6.07, 6.45) is 1.44. The van der Waals surface area contributed by atoms with Crippen molar-refractivity contribution in [3.63, 3.8) is 0 Å². The van der Waals surface area contributed by atoms with Gasteiger partial charge in [-0.3, -0.25) is 4.79 Å². The Morgan fingerprint density at radius 2 is 1.81 bits per heavy atom. The Hall–Kier alpha value is -3.80. The lowest BCUT2D eigenvalue weighted by molar-refractivity contribution is -0.143. The lowest BCUT2D eigenvalue weighted by Crippen LogP contribution is -2.21. The number of carbonyl (C=O) groups is 1. The maximum atomic E-state index is 13.8. The van der Waals surface area contributed by atoms with Gasteiger partial charge in [0, 0.05) is 6.20 Å². The van der Waals surface area contributed by atoms with Crippen LogP contribution in [-0.4, -0.2) is 40.6 Å². The number of aromatic nitrogens is 7. The van der Waals surface area contributed by atoms with Gasteiger partial charge in [0.2, 0.25) is 0 Å². The van der Waals surface area contributed by atoms with E-state index in [2.05, 4.69) is 30.6 Å². The van der Waals surface area contributed by atoms with Gasteiger partial charge in [0.25, 0.3) is 5.91 Å². The summed E-state index contributed by atoms with van der Waals surface area (Å²) < 4.78 is 41.9. The van der Waals surface area contributed by atoms with E-state index in [-0.39, 0.29) is 22.3 Å². The highest BCUT2D eigenvalue weighted by Gasteiger charge is 2.41. The smallest absolute Gasteiger partial charge is 0.320 e. The third-order valence-electron chi connectivity index (χ3n) is 4.08. The molecular formula is C18H12ClF3N8O. The topological polar surface area (TPSA) is 103 Å². The van der Waals surface area contributed by atoms with E-state index < -0.39 is 23.3 Å². The zero-order valence-electron chi connectivity index (χ0n) is 15.7. The molecule has 158 valence electrons. The van der Waals surface area contributed by atoms with Crippen molar-refractivity contribution in [2.75, 3.05) is 5.32 Å². The number of halogens is 4. The van der Waals surface area contributed by atoms with E-state index in [0.29, 0.717) is 4.68 Å². The quantitative estimate of drug-likeness (QED) is 0.512. The van der Waals surface area contributed by atoms with Crippen LogP contribution in [0.4, 0.5) is 18.9 Å². The average Bonchev–Trinajstić information content (AvgIpc) is 3.38. The van der Waals surface area contributed by atoms with Crippen LogP contribution >= 0.6 is 11.6 Å². The first-order valence-electron chi connectivity index (χ1n) is 8.66. The summed E-state index contributed by atoms with van der Waals surface area (Å²) in [5.41, 5.74) is -1.08. The molecule has 0 aliphatic rings. The van der Waals surface area contributed by atoms with Crippen LogP contribution in [0.3, 0.4) is 0 Å². The SMILES string of the molecule is Cc1ccc(-n2ncc(C(=O)Nc3cnc(-n4nccn4)c(Cl)c3)c2C(F)(F)F)nc1. The molecule has 0 aliphatic heterocycles. The molecule has 1 N–H and O–H groups in total.